The summed E-state index contributed by atoms with van der Waals surface area (Å²) in [7, 11) is 1.25. The first kappa shape index (κ1) is 19.0. The van der Waals surface area contributed by atoms with Crippen LogP contribution in [-0.2, 0) is 25.6 Å². The number of hydrogen-bond acceptors (Lipinski definition) is 5. The van der Waals surface area contributed by atoms with Gasteiger partial charge in [-0.3, -0.25) is 5.32 Å². The highest BCUT2D eigenvalue weighted by molar-refractivity contribution is 5.84. The third-order valence-corrected chi connectivity index (χ3v) is 3.01. The number of ether oxygens (including phenoxy) is 3. The topological polar surface area (TPSA) is 73.9 Å². The lowest BCUT2D eigenvalue weighted by Gasteiger charge is -2.36. The number of methoxy groups -OCH3 is 1. The number of hydrogen-bond donors (Lipinski definition) is 1. The van der Waals surface area contributed by atoms with Crippen LogP contribution < -0.4 is 5.32 Å². The molecule has 1 rings (SSSR count). The highest BCUT2D eigenvalue weighted by atomic mass is 16.6. The van der Waals surface area contributed by atoms with E-state index in [4.69, 9.17) is 14.2 Å². The lowest BCUT2D eigenvalue weighted by atomic mass is 10.1. The van der Waals surface area contributed by atoms with Crippen molar-refractivity contribution in [2.45, 2.75) is 52.0 Å². The van der Waals surface area contributed by atoms with E-state index < -0.39 is 23.4 Å². The predicted octanol–water partition coefficient (Wildman–Crippen LogP) is 3.01. The van der Waals surface area contributed by atoms with Gasteiger partial charge in [-0.1, -0.05) is 37.3 Å². The van der Waals surface area contributed by atoms with E-state index in [-0.39, 0.29) is 13.0 Å². The number of carbonyl (C=O) groups is 2. The van der Waals surface area contributed by atoms with Gasteiger partial charge in [-0.25, -0.2) is 9.59 Å². The molecule has 0 radical (unpaired) electrons. The van der Waals surface area contributed by atoms with E-state index in [1.165, 1.54) is 7.11 Å². The van der Waals surface area contributed by atoms with Crippen molar-refractivity contribution in [2.24, 2.45) is 0 Å². The molecule has 0 spiro atoms. The van der Waals surface area contributed by atoms with E-state index in [0.29, 0.717) is 0 Å². The van der Waals surface area contributed by atoms with Crippen LogP contribution in [0.2, 0.25) is 0 Å². The molecule has 1 amide bonds. The summed E-state index contributed by atoms with van der Waals surface area (Å²) >= 11 is 0. The lowest BCUT2D eigenvalue weighted by Crippen LogP contribution is -2.59. The largest absolute Gasteiger partial charge is 0.465 e. The van der Waals surface area contributed by atoms with Crippen molar-refractivity contribution < 1.29 is 23.8 Å². The van der Waals surface area contributed by atoms with Crippen LogP contribution in [0.15, 0.2) is 30.3 Å². The maximum atomic E-state index is 12.1. The number of rotatable bonds is 6. The molecular formula is C17H25NO5. The maximum absolute atomic E-state index is 12.1. The minimum atomic E-state index is -1.58. The van der Waals surface area contributed by atoms with Crippen LogP contribution in [0.1, 0.15) is 39.7 Å². The van der Waals surface area contributed by atoms with Gasteiger partial charge in [0.2, 0.25) is 5.72 Å². The van der Waals surface area contributed by atoms with Gasteiger partial charge in [0.1, 0.15) is 6.61 Å². The Kier molecular flexibility index (Phi) is 6.57. The van der Waals surface area contributed by atoms with Gasteiger partial charge in [0, 0.05) is 6.42 Å². The van der Waals surface area contributed by atoms with Gasteiger partial charge in [-0.15, -0.1) is 0 Å². The average Bonchev–Trinajstić information content (AvgIpc) is 2.51. The van der Waals surface area contributed by atoms with Crippen molar-refractivity contribution in [3.8, 4) is 0 Å². The molecule has 0 aliphatic rings. The number of carbonyl (C=O) groups excluding carboxylic acids is 2. The number of alkyl carbamates (subject to hydrolysis) is 1. The van der Waals surface area contributed by atoms with Crippen LogP contribution >= 0.6 is 0 Å². The normalized spacial score (nSPS) is 13.8. The van der Waals surface area contributed by atoms with Gasteiger partial charge in [0.15, 0.2) is 0 Å². The van der Waals surface area contributed by atoms with Gasteiger partial charge in [-0.05, 0) is 26.3 Å². The molecule has 0 aromatic heterocycles. The van der Waals surface area contributed by atoms with Crippen LogP contribution in [0, 0.1) is 0 Å². The van der Waals surface area contributed by atoms with E-state index in [0.717, 1.165) is 5.56 Å². The molecule has 0 saturated heterocycles. The molecule has 0 fully saturated rings. The van der Waals surface area contributed by atoms with Gasteiger partial charge >= 0.3 is 12.1 Å². The van der Waals surface area contributed by atoms with Gasteiger partial charge in [0.25, 0.3) is 0 Å². The summed E-state index contributed by atoms with van der Waals surface area (Å²) in [6.45, 7) is 7.19. The lowest BCUT2D eigenvalue weighted by molar-refractivity contribution is -0.194. The van der Waals surface area contributed by atoms with Crippen molar-refractivity contribution in [2.75, 3.05) is 7.11 Å². The summed E-state index contributed by atoms with van der Waals surface area (Å²) in [4.78, 5) is 24.2. The Labute approximate surface area is 137 Å². The predicted molar refractivity (Wildman–Crippen MR) is 85.6 cm³/mol. The fourth-order valence-electron chi connectivity index (χ4n) is 2.03. The molecule has 6 heteroatoms. The first-order valence-corrected chi connectivity index (χ1v) is 7.50. The fraction of sp³-hybridized carbons (Fsp3) is 0.529. The molecule has 1 atom stereocenters. The van der Waals surface area contributed by atoms with E-state index >= 15 is 0 Å². The Bertz CT molecular complexity index is 524. The second kappa shape index (κ2) is 7.97. The van der Waals surface area contributed by atoms with Gasteiger partial charge < -0.3 is 14.2 Å². The zero-order valence-electron chi connectivity index (χ0n) is 14.3. The Balaban J connectivity index is 2.79. The zero-order chi connectivity index (χ0) is 17.5. The second-order valence-electron chi connectivity index (χ2n) is 6.07. The summed E-state index contributed by atoms with van der Waals surface area (Å²) in [5.41, 5.74) is -1.39. The number of amides is 1. The molecule has 128 valence electrons. The third-order valence-electron chi connectivity index (χ3n) is 3.01. The molecule has 23 heavy (non-hydrogen) atoms. The number of benzene rings is 1. The number of nitrogens with one attached hydrogen (secondary N) is 1. The molecule has 1 N–H and O–H groups in total. The van der Waals surface area contributed by atoms with Crippen molar-refractivity contribution in [3.63, 3.8) is 0 Å². The van der Waals surface area contributed by atoms with Crippen molar-refractivity contribution in [1.82, 2.24) is 5.32 Å². The van der Waals surface area contributed by atoms with Crippen molar-refractivity contribution in [1.29, 1.82) is 0 Å². The van der Waals surface area contributed by atoms with Crippen LogP contribution in [0.5, 0.6) is 0 Å². The maximum Gasteiger partial charge on any atom is 0.410 e. The fourth-order valence-corrected chi connectivity index (χ4v) is 2.03. The summed E-state index contributed by atoms with van der Waals surface area (Å²) in [6.07, 6.45) is -0.539. The summed E-state index contributed by atoms with van der Waals surface area (Å²) in [5.74, 6) is -0.674. The van der Waals surface area contributed by atoms with Crippen LogP contribution in [-0.4, -0.2) is 30.5 Å². The second-order valence-corrected chi connectivity index (χ2v) is 6.07. The zero-order valence-corrected chi connectivity index (χ0v) is 14.3. The van der Waals surface area contributed by atoms with Gasteiger partial charge in [0.05, 0.1) is 12.7 Å². The summed E-state index contributed by atoms with van der Waals surface area (Å²) < 4.78 is 15.7. The molecule has 0 aliphatic carbocycles. The SMILES string of the molecule is CCC(NC(=O)OCc1ccccc1)(OC(C)(C)C)C(=O)OC. The molecule has 0 heterocycles. The van der Waals surface area contributed by atoms with E-state index in [9.17, 15) is 9.59 Å². The quantitative estimate of drug-likeness (QED) is 0.643. The van der Waals surface area contributed by atoms with Crippen molar-refractivity contribution >= 4 is 12.1 Å². The Morgan fingerprint density at radius 1 is 1.13 bits per heavy atom. The first-order chi connectivity index (χ1) is 10.7. The highest BCUT2D eigenvalue weighted by Gasteiger charge is 2.44. The standard InChI is InChI=1S/C17H25NO5/c1-6-17(14(19)21-5,23-16(2,3)4)18-15(20)22-12-13-10-8-7-9-11-13/h7-11H,6,12H2,1-5H3,(H,18,20). The monoisotopic (exact) mass is 323 g/mol. The molecule has 0 aliphatic heterocycles. The van der Waals surface area contributed by atoms with E-state index in [1.807, 2.05) is 30.3 Å². The highest BCUT2D eigenvalue weighted by Crippen LogP contribution is 2.23. The van der Waals surface area contributed by atoms with Crippen LogP contribution in [0.25, 0.3) is 0 Å². The van der Waals surface area contributed by atoms with Crippen LogP contribution in [0.4, 0.5) is 4.79 Å². The number of esters is 1. The molecule has 6 nitrogen and oxygen atoms in total. The minimum absolute atomic E-state index is 0.100. The smallest absolute Gasteiger partial charge is 0.410 e. The first-order valence-electron chi connectivity index (χ1n) is 7.50. The van der Waals surface area contributed by atoms with Crippen molar-refractivity contribution in [3.05, 3.63) is 35.9 Å². The summed E-state index contributed by atoms with van der Waals surface area (Å²) in [5, 5.41) is 2.50. The molecule has 0 saturated carbocycles. The minimum Gasteiger partial charge on any atom is -0.465 e. The Morgan fingerprint density at radius 2 is 1.74 bits per heavy atom. The molecule has 0 bridgehead atoms. The van der Waals surface area contributed by atoms with Gasteiger partial charge in [-0.2, -0.15) is 0 Å². The van der Waals surface area contributed by atoms with E-state index in [1.54, 1.807) is 27.7 Å². The molecule has 1 unspecified atom stereocenters. The third kappa shape index (κ3) is 5.90. The Morgan fingerprint density at radius 3 is 2.22 bits per heavy atom. The Hall–Kier alpha value is -2.08. The van der Waals surface area contributed by atoms with Crippen LogP contribution in [0.3, 0.4) is 0 Å². The average molecular weight is 323 g/mol. The molecular weight excluding hydrogens is 298 g/mol. The van der Waals surface area contributed by atoms with E-state index in [2.05, 4.69) is 5.32 Å². The molecule has 1 aromatic rings. The summed E-state index contributed by atoms with van der Waals surface area (Å²) in [6, 6.07) is 9.26. The molecule has 1 aromatic carbocycles.